The molecule has 82 valence electrons. The number of aliphatic carboxylic acids is 1. The highest BCUT2D eigenvalue weighted by atomic mass is 19.1. The molecule has 0 radical (unpaired) electrons. The van der Waals surface area contributed by atoms with Crippen LogP contribution in [0.2, 0.25) is 0 Å². The van der Waals surface area contributed by atoms with E-state index < -0.39 is 5.97 Å². The van der Waals surface area contributed by atoms with Crippen LogP contribution in [0.1, 0.15) is 5.82 Å². The van der Waals surface area contributed by atoms with Crippen molar-refractivity contribution in [1.82, 2.24) is 9.55 Å². The van der Waals surface area contributed by atoms with E-state index in [0.717, 1.165) is 0 Å². The van der Waals surface area contributed by atoms with E-state index in [4.69, 9.17) is 5.11 Å². The third kappa shape index (κ3) is 2.08. The first-order chi connectivity index (χ1) is 7.66. The standard InChI is InChI=1S/C11H9FN2O2/c12-8-2-1-3-9(6-8)14-5-4-13-10(14)7-11(15)16/h1-6H,7H2,(H,15,16). The lowest BCUT2D eigenvalue weighted by molar-refractivity contribution is -0.136. The monoisotopic (exact) mass is 220 g/mol. The number of carbonyl (C=O) groups is 1. The second-order valence-electron chi connectivity index (χ2n) is 3.26. The lowest BCUT2D eigenvalue weighted by atomic mass is 10.3. The van der Waals surface area contributed by atoms with E-state index in [9.17, 15) is 9.18 Å². The molecule has 0 aliphatic rings. The topological polar surface area (TPSA) is 55.1 Å². The van der Waals surface area contributed by atoms with Crippen LogP contribution in [-0.2, 0) is 11.2 Å². The lowest BCUT2D eigenvalue weighted by Gasteiger charge is -2.05. The molecule has 0 atom stereocenters. The Morgan fingerprint density at radius 2 is 2.31 bits per heavy atom. The summed E-state index contributed by atoms with van der Waals surface area (Å²) in [6.07, 6.45) is 2.90. The van der Waals surface area contributed by atoms with Crippen LogP contribution in [0.15, 0.2) is 36.7 Å². The van der Waals surface area contributed by atoms with Gasteiger partial charge in [0.1, 0.15) is 18.1 Å². The first kappa shape index (κ1) is 10.4. The molecular weight excluding hydrogens is 211 g/mol. The van der Waals surface area contributed by atoms with Gasteiger partial charge < -0.3 is 9.67 Å². The van der Waals surface area contributed by atoms with Crippen LogP contribution in [0.25, 0.3) is 5.69 Å². The average Bonchev–Trinajstić information content (AvgIpc) is 2.65. The molecule has 1 aromatic carbocycles. The van der Waals surface area contributed by atoms with Gasteiger partial charge in [0.25, 0.3) is 0 Å². The van der Waals surface area contributed by atoms with Crippen molar-refractivity contribution in [2.24, 2.45) is 0 Å². The summed E-state index contributed by atoms with van der Waals surface area (Å²) in [5.74, 6) is -0.963. The minimum atomic E-state index is -0.969. The fourth-order valence-electron chi connectivity index (χ4n) is 1.46. The Bertz CT molecular complexity index is 522. The molecule has 5 heteroatoms. The van der Waals surface area contributed by atoms with Gasteiger partial charge in [-0.05, 0) is 18.2 Å². The highest BCUT2D eigenvalue weighted by molar-refractivity contribution is 5.69. The molecule has 2 rings (SSSR count). The molecular formula is C11H9FN2O2. The first-order valence-electron chi connectivity index (χ1n) is 4.67. The molecule has 0 aliphatic carbocycles. The molecule has 2 aromatic rings. The summed E-state index contributed by atoms with van der Waals surface area (Å²) < 4.78 is 14.6. The molecule has 0 saturated carbocycles. The van der Waals surface area contributed by atoms with Gasteiger partial charge in [-0.15, -0.1) is 0 Å². The summed E-state index contributed by atoms with van der Waals surface area (Å²) in [7, 11) is 0. The normalized spacial score (nSPS) is 10.3. The van der Waals surface area contributed by atoms with Gasteiger partial charge >= 0.3 is 5.97 Å². The van der Waals surface area contributed by atoms with Crippen molar-refractivity contribution in [3.8, 4) is 5.69 Å². The van der Waals surface area contributed by atoms with Gasteiger partial charge in [0.2, 0.25) is 0 Å². The molecule has 0 bridgehead atoms. The van der Waals surface area contributed by atoms with Gasteiger partial charge in [0.15, 0.2) is 0 Å². The van der Waals surface area contributed by atoms with Crippen molar-refractivity contribution >= 4 is 5.97 Å². The van der Waals surface area contributed by atoms with E-state index in [2.05, 4.69) is 4.98 Å². The van der Waals surface area contributed by atoms with E-state index in [1.54, 1.807) is 22.9 Å². The molecule has 1 aromatic heterocycles. The maximum atomic E-state index is 13.0. The second-order valence-corrected chi connectivity index (χ2v) is 3.26. The number of aromatic nitrogens is 2. The smallest absolute Gasteiger partial charge is 0.311 e. The number of halogens is 1. The van der Waals surface area contributed by atoms with Crippen molar-refractivity contribution in [2.75, 3.05) is 0 Å². The minimum Gasteiger partial charge on any atom is -0.481 e. The van der Waals surface area contributed by atoms with Gasteiger partial charge in [0, 0.05) is 18.1 Å². The highest BCUT2D eigenvalue weighted by Gasteiger charge is 2.09. The summed E-state index contributed by atoms with van der Waals surface area (Å²) in [6.45, 7) is 0. The molecule has 0 amide bonds. The quantitative estimate of drug-likeness (QED) is 0.855. The summed E-state index contributed by atoms with van der Waals surface area (Å²) in [5, 5.41) is 8.68. The van der Waals surface area contributed by atoms with Crippen LogP contribution < -0.4 is 0 Å². The van der Waals surface area contributed by atoms with E-state index in [1.807, 2.05) is 0 Å². The Labute approximate surface area is 91.0 Å². The van der Waals surface area contributed by atoms with E-state index >= 15 is 0 Å². The number of nitrogens with zero attached hydrogens (tertiary/aromatic N) is 2. The van der Waals surface area contributed by atoms with Crippen LogP contribution in [0.5, 0.6) is 0 Å². The van der Waals surface area contributed by atoms with Gasteiger partial charge in [-0.3, -0.25) is 4.79 Å². The SMILES string of the molecule is O=C(O)Cc1nccn1-c1cccc(F)c1. The van der Waals surface area contributed by atoms with Crippen molar-refractivity contribution in [3.63, 3.8) is 0 Å². The first-order valence-corrected chi connectivity index (χ1v) is 4.67. The molecule has 0 unspecified atom stereocenters. The Kier molecular flexibility index (Phi) is 2.68. The fraction of sp³-hybridized carbons (Fsp3) is 0.0909. The number of hydrogen-bond donors (Lipinski definition) is 1. The van der Waals surface area contributed by atoms with Crippen LogP contribution in [0, 0.1) is 5.82 Å². The lowest BCUT2D eigenvalue weighted by Crippen LogP contribution is -2.07. The van der Waals surface area contributed by atoms with Crippen LogP contribution in [-0.4, -0.2) is 20.6 Å². The maximum absolute atomic E-state index is 13.0. The average molecular weight is 220 g/mol. The van der Waals surface area contributed by atoms with Crippen molar-refractivity contribution in [3.05, 3.63) is 48.3 Å². The summed E-state index contributed by atoms with van der Waals surface area (Å²) >= 11 is 0. The van der Waals surface area contributed by atoms with E-state index in [0.29, 0.717) is 11.5 Å². The number of imidazole rings is 1. The summed E-state index contributed by atoms with van der Waals surface area (Å²) in [4.78, 5) is 14.5. The maximum Gasteiger partial charge on any atom is 0.311 e. The number of rotatable bonds is 3. The highest BCUT2D eigenvalue weighted by Crippen LogP contribution is 2.12. The van der Waals surface area contributed by atoms with Crippen LogP contribution >= 0.6 is 0 Å². The molecule has 0 fully saturated rings. The fourth-order valence-corrected chi connectivity index (χ4v) is 1.46. The molecule has 0 saturated heterocycles. The third-order valence-electron chi connectivity index (χ3n) is 2.11. The molecule has 4 nitrogen and oxygen atoms in total. The Hall–Kier alpha value is -2.17. The Balaban J connectivity index is 2.40. The zero-order valence-corrected chi connectivity index (χ0v) is 8.30. The summed E-state index contributed by atoms with van der Waals surface area (Å²) in [5.41, 5.74) is 0.564. The predicted molar refractivity (Wildman–Crippen MR) is 54.9 cm³/mol. The van der Waals surface area contributed by atoms with Gasteiger partial charge in [-0.2, -0.15) is 0 Å². The van der Waals surface area contributed by atoms with E-state index in [-0.39, 0.29) is 12.2 Å². The third-order valence-corrected chi connectivity index (χ3v) is 2.11. The number of carboxylic acids is 1. The molecule has 1 N–H and O–H groups in total. The largest absolute Gasteiger partial charge is 0.481 e. The van der Waals surface area contributed by atoms with Crippen LogP contribution in [0.4, 0.5) is 4.39 Å². The second kappa shape index (κ2) is 4.14. The number of benzene rings is 1. The number of hydrogen-bond acceptors (Lipinski definition) is 2. The Morgan fingerprint density at radius 1 is 1.50 bits per heavy atom. The van der Waals surface area contributed by atoms with Crippen molar-refractivity contribution < 1.29 is 14.3 Å². The molecule has 1 heterocycles. The predicted octanol–water partition coefficient (Wildman–Crippen LogP) is 1.64. The molecule has 16 heavy (non-hydrogen) atoms. The molecule has 0 spiro atoms. The zero-order chi connectivity index (χ0) is 11.5. The molecule has 0 aliphatic heterocycles. The van der Waals surface area contributed by atoms with Gasteiger partial charge in [-0.1, -0.05) is 6.07 Å². The number of carboxylic acid groups (broad SMARTS) is 1. The van der Waals surface area contributed by atoms with E-state index in [1.165, 1.54) is 18.3 Å². The van der Waals surface area contributed by atoms with Crippen LogP contribution in [0.3, 0.4) is 0 Å². The van der Waals surface area contributed by atoms with Gasteiger partial charge in [0.05, 0.1) is 0 Å². The van der Waals surface area contributed by atoms with Crippen molar-refractivity contribution in [2.45, 2.75) is 6.42 Å². The zero-order valence-electron chi connectivity index (χ0n) is 8.30. The Morgan fingerprint density at radius 3 is 3.00 bits per heavy atom. The van der Waals surface area contributed by atoms with Gasteiger partial charge in [-0.25, -0.2) is 9.37 Å². The van der Waals surface area contributed by atoms with Crippen molar-refractivity contribution in [1.29, 1.82) is 0 Å². The minimum absolute atomic E-state index is 0.191. The summed E-state index contributed by atoms with van der Waals surface area (Å²) in [6, 6.07) is 5.91.